The number of anilines is 1. The lowest BCUT2D eigenvalue weighted by Gasteiger charge is -2.32. The first-order valence-electron chi connectivity index (χ1n) is 15.1. The highest BCUT2D eigenvalue weighted by atomic mass is 16.6. The maximum atomic E-state index is 14.5. The third-order valence-corrected chi connectivity index (χ3v) is 8.94. The van der Waals surface area contributed by atoms with Gasteiger partial charge in [-0.2, -0.15) is 0 Å². The molecule has 1 aliphatic carbocycles. The van der Waals surface area contributed by atoms with Crippen LogP contribution in [0.15, 0.2) is 109 Å². The topological polar surface area (TPSA) is 53.1 Å². The molecule has 1 heterocycles. The molecular formula is C37H39N3O3. The number of hydrogen-bond donors (Lipinski definition) is 0. The standard InChI is InChI=1S/C37H39N3O3/c1-4-30-32-22-29(39(23-26-14-8-5-9-15-26)24-27-16-10-6-11-17-27)20-21-31(32)35(38(2)3)34(30)36(41)40-33(25-43-37(40)42)28-18-12-7-13-19-28/h5-22,30,33-35H,4,23-25H2,1-3H3/t30-,33+,34+,35-/m1/s1. The molecule has 0 radical (unpaired) electrons. The van der Waals surface area contributed by atoms with Gasteiger partial charge in [-0.1, -0.05) is 104 Å². The van der Waals surface area contributed by atoms with Crippen LogP contribution in [0.5, 0.6) is 0 Å². The van der Waals surface area contributed by atoms with Gasteiger partial charge in [0.05, 0.1) is 5.92 Å². The number of ether oxygens (including phenoxy) is 1. The second-order valence-corrected chi connectivity index (χ2v) is 11.8. The van der Waals surface area contributed by atoms with E-state index in [0.717, 1.165) is 36.3 Å². The summed E-state index contributed by atoms with van der Waals surface area (Å²) in [5.74, 6) is -0.598. The summed E-state index contributed by atoms with van der Waals surface area (Å²) in [4.78, 5) is 33.4. The van der Waals surface area contributed by atoms with E-state index < -0.39 is 18.1 Å². The van der Waals surface area contributed by atoms with E-state index in [1.165, 1.54) is 21.6 Å². The molecule has 0 unspecified atom stereocenters. The van der Waals surface area contributed by atoms with Gasteiger partial charge in [0.2, 0.25) is 5.91 Å². The van der Waals surface area contributed by atoms with Crippen molar-refractivity contribution < 1.29 is 14.3 Å². The zero-order chi connectivity index (χ0) is 29.9. The molecule has 0 aromatic heterocycles. The Balaban J connectivity index is 1.37. The minimum atomic E-state index is -0.556. The van der Waals surface area contributed by atoms with Crippen LogP contribution in [0.2, 0.25) is 0 Å². The molecule has 43 heavy (non-hydrogen) atoms. The lowest BCUT2D eigenvalue weighted by Crippen LogP contribution is -2.43. The molecule has 0 spiro atoms. The first-order valence-corrected chi connectivity index (χ1v) is 15.1. The molecule has 1 aliphatic heterocycles. The lowest BCUT2D eigenvalue weighted by atomic mass is 9.86. The van der Waals surface area contributed by atoms with Crippen molar-refractivity contribution in [3.05, 3.63) is 137 Å². The normalized spacial score (nSPS) is 21.1. The highest BCUT2D eigenvalue weighted by Crippen LogP contribution is 2.51. The molecule has 6 heteroatoms. The van der Waals surface area contributed by atoms with Crippen LogP contribution in [0, 0.1) is 5.92 Å². The zero-order valence-corrected chi connectivity index (χ0v) is 25.1. The van der Waals surface area contributed by atoms with E-state index >= 15 is 0 Å². The second kappa shape index (κ2) is 12.4. The van der Waals surface area contributed by atoms with Crippen LogP contribution in [0.25, 0.3) is 0 Å². The summed E-state index contributed by atoms with van der Waals surface area (Å²) in [6, 6.07) is 36.9. The fourth-order valence-electron chi connectivity index (χ4n) is 6.93. The van der Waals surface area contributed by atoms with E-state index in [1.54, 1.807) is 0 Å². The molecular weight excluding hydrogens is 534 g/mol. The molecule has 4 atom stereocenters. The van der Waals surface area contributed by atoms with Crippen molar-refractivity contribution in [3.8, 4) is 0 Å². The largest absolute Gasteiger partial charge is 0.446 e. The predicted molar refractivity (Wildman–Crippen MR) is 170 cm³/mol. The molecule has 2 aliphatic rings. The van der Waals surface area contributed by atoms with Gasteiger partial charge in [0.1, 0.15) is 12.6 Å². The maximum Gasteiger partial charge on any atom is 0.417 e. The molecule has 6 rings (SSSR count). The Morgan fingerprint density at radius 1 is 0.814 bits per heavy atom. The van der Waals surface area contributed by atoms with Gasteiger partial charge in [0.25, 0.3) is 0 Å². The van der Waals surface area contributed by atoms with E-state index in [9.17, 15) is 9.59 Å². The fourth-order valence-corrected chi connectivity index (χ4v) is 6.93. The molecule has 0 saturated carbocycles. The van der Waals surface area contributed by atoms with Crippen molar-refractivity contribution in [1.82, 2.24) is 9.80 Å². The Labute approximate surface area is 254 Å². The van der Waals surface area contributed by atoms with Gasteiger partial charge in [-0.25, -0.2) is 9.69 Å². The van der Waals surface area contributed by atoms with Gasteiger partial charge in [-0.15, -0.1) is 0 Å². The Bertz CT molecular complexity index is 1520. The van der Waals surface area contributed by atoms with Gasteiger partial charge < -0.3 is 14.5 Å². The molecule has 4 aromatic carbocycles. The first-order chi connectivity index (χ1) is 21.0. The number of carbonyl (C=O) groups excluding carboxylic acids is 2. The number of cyclic esters (lactones) is 1. The van der Waals surface area contributed by atoms with E-state index in [-0.39, 0.29) is 24.5 Å². The Morgan fingerprint density at radius 2 is 1.40 bits per heavy atom. The summed E-state index contributed by atoms with van der Waals surface area (Å²) < 4.78 is 5.46. The van der Waals surface area contributed by atoms with Crippen molar-refractivity contribution >= 4 is 17.7 Å². The number of fused-ring (bicyclic) bond motifs is 1. The van der Waals surface area contributed by atoms with Crippen LogP contribution in [0.1, 0.15) is 59.2 Å². The third-order valence-electron chi connectivity index (χ3n) is 8.94. The van der Waals surface area contributed by atoms with E-state index in [2.05, 4.69) is 83.5 Å². The Morgan fingerprint density at radius 3 is 1.95 bits per heavy atom. The van der Waals surface area contributed by atoms with Gasteiger partial charge >= 0.3 is 6.09 Å². The van der Waals surface area contributed by atoms with E-state index in [4.69, 9.17) is 4.74 Å². The number of amides is 2. The molecule has 1 saturated heterocycles. The number of imide groups is 1. The van der Waals surface area contributed by atoms with Crippen LogP contribution >= 0.6 is 0 Å². The van der Waals surface area contributed by atoms with Crippen LogP contribution in [0.3, 0.4) is 0 Å². The van der Waals surface area contributed by atoms with Crippen molar-refractivity contribution in [3.63, 3.8) is 0 Å². The number of benzene rings is 4. The molecule has 4 aromatic rings. The summed E-state index contributed by atoms with van der Waals surface area (Å²) in [5.41, 5.74) is 6.85. The summed E-state index contributed by atoms with van der Waals surface area (Å²) in [6.45, 7) is 3.85. The van der Waals surface area contributed by atoms with Crippen molar-refractivity contribution in [2.45, 2.75) is 44.4 Å². The van der Waals surface area contributed by atoms with Gasteiger partial charge in [0.15, 0.2) is 0 Å². The highest BCUT2D eigenvalue weighted by Gasteiger charge is 2.51. The maximum absolute atomic E-state index is 14.5. The fraction of sp³-hybridized carbons (Fsp3) is 0.297. The quantitative estimate of drug-likeness (QED) is 0.210. The minimum Gasteiger partial charge on any atom is -0.446 e. The summed E-state index contributed by atoms with van der Waals surface area (Å²) in [7, 11) is 4.05. The molecule has 220 valence electrons. The molecule has 2 amide bonds. The van der Waals surface area contributed by atoms with Gasteiger partial charge in [0, 0.05) is 24.8 Å². The highest BCUT2D eigenvalue weighted by molar-refractivity contribution is 5.96. The van der Waals surface area contributed by atoms with Crippen LogP contribution in [0.4, 0.5) is 10.5 Å². The Kier molecular flexibility index (Phi) is 8.30. The molecule has 0 bridgehead atoms. The third kappa shape index (κ3) is 5.67. The number of nitrogens with zero attached hydrogens (tertiary/aromatic N) is 3. The van der Waals surface area contributed by atoms with Crippen molar-refractivity contribution in [2.75, 3.05) is 25.6 Å². The average Bonchev–Trinajstić information content (AvgIpc) is 3.59. The summed E-state index contributed by atoms with van der Waals surface area (Å²) in [6.07, 6.45) is 0.229. The SMILES string of the molecule is CC[C@@H]1c2cc(N(Cc3ccccc3)Cc3ccccc3)ccc2[C@@H](N(C)C)[C@H]1C(=O)N1C(=O)OC[C@H]1c1ccccc1. The number of carbonyl (C=O) groups is 2. The van der Waals surface area contributed by atoms with Crippen molar-refractivity contribution in [2.24, 2.45) is 5.92 Å². The number of hydrogen-bond acceptors (Lipinski definition) is 5. The van der Waals surface area contributed by atoms with Gasteiger partial charge in [-0.05, 0) is 66.4 Å². The van der Waals surface area contributed by atoms with E-state index in [1.807, 2.05) is 56.6 Å². The van der Waals surface area contributed by atoms with Crippen LogP contribution in [-0.4, -0.2) is 42.5 Å². The van der Waals surface area contributed by atoms with Crippen LogP contribution < -0.4 is 4.90 Å². The molecule has 0 N–H and O–H groups in total. The zero-order valence-electron chi connectivity index (χ0n) is 25.1. The smallest absolute Gasteiger partial charge is 0.417 e. The number of rotatable bonds is 9. The van der Waals surface area contributed by atoms with E-state index in [0.29, 0.717) is 0 Å². The second-order valence-electron chi connectivity index (χ2n) is 11.8. The average molecular weight is 574 g/mol. The first kappa shape index (κ1) is 28.7. The minimum absolute atomic E-state index is 0.0324. The van der Waals surface area contributed by atoms with Crippen LogP contribution in [-0.2, 0) is 22.6 Å². The Hall–Kier alpha value is -4.42. The lowest BCUT2D eigenvalue weighted by molar-refractivity contribution is -0.136. The van der Waals surface area contributed by atoms with Gasteiger partial charge in [-0.3, -0.25) is 4.79 Å². The monoisotopic (exact) mass is 573 g/mol. The summed E-state index contributed by atoms with van der Waals surface area (Å²) >= 11 is 0. The van der Waals surface area contributed by atoms with Crippen molar-refractivity contribution in [1.29, 1.82) is 0 Å². The molecule has 6 nitrogen and oxygen atoms in total. The summed E-state index contributed by atoms with van der Waals surface area (Å²) in [5, 5.41) is 0. The predicted octanol–water partition coefficient (Wildman–Crippen LogP) is 7.34. The molecule has 1 fully saturated rings.